The van der Waals surface area contributed by atoms with Crippen LogP contribution in [-0.4, -0.2) is 28.4 Å². The molecule has 2 heterocycles. The van der Waals surface area contributed by atoms with E-state index in [9.17, 15) is 0 Å². The Morgan fingerprint density at radius 1 is 1.37 bits per heavy atom. The smallest absolute Gasteiger partial charge is 0.164 e. The second kappa shape index (κ2) is 5.01. The average Bonchev–Trinajstić information content (AvgIpc) is 2.88. The lowest BCUT2D eigenvalue weighted by atomic mass is 10.00. The standard InChI is InChI=1S/C14H18N4O/c1-19-11-5-4-10-6-8-18-13(3-2-7-15)16-17-14(18)12(10)9-11/h4-5,9H,2-3,6-8,15H2,1H3. The molecular weight excluding hydrogens is 240 g/mol. The summed E-state index contributed by atoms with van der Waals surface area (Å²) in [6.07, 6.45) is 2.85. The van der Waals surface area contributed by atoms with Crippen molar-refractivity contribution in [2.45, 2.75) is 25.8 Å². The number of hydrogen-bond acceptors (Lipinski definition) is 4. The fraction of sp³-hybridized carbons (Fsp3) is 0.429. The van der Waals surface area contributed by atoms with Gasteiger partial charge in [0.1, 0.15) is 11.6 Å². The van der Waals surface area contributed by atoms with Crippen LogP contribution in [0.2, 0.25) is 0 Å². The molecule has 1 aliphatic rings. The number of rotatable bonds is 4. The van der Waals surface area contributed by atoms with Crippen LogP contribution in [0.1, 0.15) is 17.8 Å². The summed E-state index contributed by atoms with van der Waals surface area (Å²) >= 11 is 0. The molecule has 0 bridgehead atoms. The predicted octanol–water partition coefficient (Wildman–Crippen LogP) is 1.40. The van der Waals surface area contributed by atoms with Gasteiger partial charge in [-0.2, -0.15) is 0 Å². The lowest BCUT2D eigenvalue weighted by molar-refractivity contribution is 0.414. The molecule has 0 amide bonds. The molecule has 19 heavy (non-hydrogen) atoms. The number of nitrogens with two attached hydrogens (primary N) is 1. The van der Waals surface area contributed by atoms with Gasteiger partial charge in [-0.1, -0.05) is 6.07 Å². The van der Waals surface area contributed by atoms with E-state index in [1.54, 1.807) is 7.11 Å². The van der Waals surface area contributed by atoms with Gasteiger partial charge in [0.05, 0.1) is 7.11 Å². The molecule has 0 saturated carbocycles. The third-order valence-electron chi connectivity index (χ3n) is 3.59. The molecule has 0 unspecified atom stereocenters. The molecule has 0 radical (unpaired) electrons. The first-order valence-electron chi connectivity index (χ1n) is 6.63. The van der Waals surface area contributed by atoms with Crippen molar-refractivity contribution in [1.29, 1.82) is 0 Å². The van der Waals surface area contributed by atoms with Gasteiger partial charge in [0.2, 0.25) is 0 Å². The highest BCUT2D eigenvalue weighted by Crippen LogP contribution is 2.31. The molecule has 100 valence electrons. The van der Waals surface area contributed by atoms with Gasteiger partial charge < -0.3 is 15.0 Å². The summed E-state index contributed by atoms with van der Waals surface area (Å²) in [7, 11) is 1.68. The number of nitrogens with zero attached hydrogens (tertiary/aromatic N) is 3. The fourth-order valence-corrected chi connectivity index (χ4v) is 2.56. The van der Waals surface area contributed by atoms with Crippen molar-refractivity contribution in [3.8, 4) is 17.1 Å². The molecule has 0 spiro atoms. The van der Waals surface area contributed by atoms with E-state index in [-0.39, 0.29) is 0 Å². The third kappa shape index (κ3) is 2.10. The topological polar surface area (TPSA) is 66.0 Å². The normalized spacial score (nSPS) is 12.9. The summed E-state index contributed by atoms with van der Waals surface area (Å²) in [6.45, 7) is 1.63. The van der Waals surface area contributed by atoms with Crippen LogP contribution >= 0.6 is 0 Å². The first-order valence-corrected chi connectivity index (χ1v) is 6.63. The average molecular weight is 258 g/mol. The minimum atomic E-state index is 0.687. The lowest BCUT2D eigenvalue weighted by Crippen LogP contribution is -2.14. The molecule has 0 fully saturated rings. The number of hydrogen-bond donors (Lipinski definition) is 1. The maximum Gasteiger partial charge on any atom is 0.164 e. The molecule has 0 aliphatic carbocycles. The second-order valence-electron chi connectivity index (χ2n) is 4.76. The quantitative estimate of drug-likeness (QED) is 0.900. The number of ether oxygens (including phenoxy) is 1. The molecule has 2 aromatic rings. The Morgan fingerprint density at radius 3 is 3.05 bits per heavy atom. The van der Waals surface area contributed by atoms with E-state index in [2.05, 4.69) is 20.8 Å². The van der Waals surface area contributed by atoms with Gasteiger partial charge in [0.25, 0.3) is 0 Å². The van der Waals surface area contributed by atoms with Crippen LogP contribution in [0.4, 0.5) is 0 Å². The fourth-order valence-electron chi connectivity index (χ4n) is 2.56. The Hall–Kier alpha value is -1.88. The van der Waals surface area contributed by atoms with Crippen molar-refractivity contribution in [3.63, 3.8) is 0 Å². The van der Waals surface area contributed by atoms with Crippen molar-refractivity contribution in [2.24, 2.45) is 5.73 Å². The Morgan fingerprint density at radius 2 is 2.26 bits per heavy atom. The van der Waals surface area contributed by atoms with Gasteiger partial charge in [-0.05, 0) is 37.1 Å². The second-order valence-corrected chi connectivity index (χ2v) is 4.76. The van der Waals surface area contributed by atoms with Crippen LogP contribution in [0, 0.1) is 0 Å². The summed E-state index contributed by atoms with van der Waals surface area (Å²) in [5.74, 6) is 2.85. The van der Waals surface area contributed by atoms with Gasteiger partial charge in [-0.25, -0.2) is 0 Å². The molecule has 5 heteroatoms. The molecule has 0 saturated heterocycles. The van der Waals surface area contributed by atoms with Gasteiger partial charge >= 0.3 is 0 Å². The molecule has 1 aromatic carbocycles. The third-order valence-corrected chi connectivity index (χ3v) is 3.59. The van der Waals surface area contributed by atoms with Crippen LogP contribution in [0.3, 0.4) is 0 Å². The van der Waals surface area contributed by atoms with Crippen molar-refractivity contribution >= 4 is 0 Å². The number of aryl methyl sites for hydroxylation is 2. The summed E-state index contributed by atoms with van der Waals surface area (Å²) in [6, 6.07) is 6.16. The van der Waals surface area contributed by atoms with Gasteiger partial charge in [0, 0.05) is 18.5 Å². The Kier molecular flexibility index (Phi) is 3.21. The van der Waals surface area contributed by atoms with Crippen LogP contribution in [-0.2, 0) is 19.4 Å². The van der Waals surface area contributed by atoms with Gasteiger partial charge in [-0.3, -0.25) is 0 Å². The minimum Gasteiger partial charge on any atom is -0.497 e. The highest BCUT2D eigenvalue weighted by molar-refractivity contribution is 5.64. The molecule has 2 N–H and O–H groups in total. The summed E-state index contributed by atoms with van der Waals surface area (Å²) in [5.41, 5.74) is 8.01. The van der Waals surface area contributed by atoms with E-state index in [1.807, 2.05) is 12.1 Å². The summed E-state index contributed by atoms with van der Waals surface area (Å²) < 4.78 is 7.50. The van der Waals surface area contributed by atoms with Crippen molar-refractivity contribution in [1.82, 2.24) is 14.8 Å². The SMILES string of the molecule is COc1ccc2c(c1)-c1nnc(CCCN)n1CC2. The van der Waals surface area contributed by atoms with Crippen molar-refractivity contribution < 1.29 is 4.74 Å². The molecule has 1 aromatic heterocycles. The van der Waals surface area contributed by atoms with Crippen LogP contribution in [0.25, 0.3) is 11.4 Å². The zero-order chi connectivity index (χ0) is 13.2. The Bertz CT molecular complexity index is 591. The summed E-state index contributed by atoms with van der Waals surface area (Å²) in [5, 5.41) is 8.65. The minimum absolute atomic E-state index is 0.687. The molecule has 0 atom stereocenters. The van der Waals surface area contributed by atoms with Crippen molar-refractivity contribution in [3.05, 3.63) is 29.6 Å². The number of methoxy groups -OCH3 is 1. The zero-order valence-corrected chi connectivity index (χ0v) is 11.1. The van der Waals surface area contributed by atoms with Crippen LogP contribution < -0.4 is 10.5 Å². The van der Waals surface area contributed by atoms with Gasteiger partial charge in [0.15, 0.2) is 5.82 Å². The highest BCUT2D eigenvalue weighted by Gasteiger charge is 2.21. The number of aromatic nitrogens is 3. The Balaban J connectivity index is 2.01. The van der Waals surface area contributed by atoms with Crippen molar-refractivity contribution in [2.75, 3.05) is 13.7 Å². The molecule has 3 rings (SSSR count). The lowest BCUT2D eigenvalue weighted by Gasteiger charge is -2.19. The monoisotopic (exact) mass is 258 g/mol. The van der Waals surface area contributed by atoms with E-state index in [0.29, 0.717) is 6.54 Å². The van der Waals surface area contributed by atoms with E-state index in [4.69, 9.17) is 10.5 Å². The van der Waals surface area contributed by atoms with E-state index >= 15 is 0 Å². The molecule has 1 aliphatic heterocycles. The Labute approximate surface area is 112 Å². The first kappa shape index (κ1) is 12.2. The maximum atomic E-state index is 5.56. The largest absolute Gasteiger partial charge is 0.497 e. The highest BCUT2D eigenvalue weighted by atomic mass is 16.5. The van der Waals surface area contributed by atoms with E-state index in [1.165, 1.54) is 5.56 Å². The van der Waals surface area contributed by atoms with E-state index in [0.717, 1.165) is 48.8 Å². The zero-order valence-electron chi connectivity index (χ0n) is 11.1. The summed E-state index contributed by atoms with van der Waals surface area (Å²) in [4.78, 5) is 0. The van der Waals surface area contributed by atoms with E-state index < -0.39 is 0 Å². The number of benzene rings is 1. The van der Waals surface area contributed by atoms with Crippen LogP contribution in [0.15, 0.2) is 18.2 Å². The van der Waals surface area contributed by atoms with Crippen LogP contribution in [0.5, 0.6) is 5.75 Å². The predicted molar refractivity (Wildman–Crippen MR) is 73.1 cm³/mol. The first-order chi connectivity index (χ1) is 9.33. The molecule has 5 nitrogen and oxygen atoms in total. The molecular formula is C14H18N4O. The maximum absolute atomic E-state index is 5.56. The number of fused-ring (bicyclic) bond motifs is 3. The van der Waals surface area contributed by atoms with Gasteiger partial charge in [-0.15, -0.1) is 10.2 Å².